The molecule has 6 heteroatoms. The highest BCUT2D eigenvalue weighted by molar-refractivity contribution is 5.98. The normalized spacial score (nSPS) is 15.0. The fourth-order valence-corrected chi connectivity index (χ4v) is 4.49. The van der Waals surface area contributed by atoms with Crippen molar-refractivity contribution in [3.8, 4) is 17.0 Å². The van der Waals surface area contributed by atoms with Crippen LogP contribution in [0.1, 0.15) is 34.7 Å². The van der Waals surface area contributed by atoms with Crippen LogP contribution in [0.25, 0.3) is 22.0 Å². The fraction of sp³-hybridized carbons (Fsp3) is 0.321. The van der Waals surface area contributed by atoms with Crippen molar-refractivity contribution < 1.29 is 9.53 Å². The molecule has 0 saturated carbocycles. The molecule has 1 saturated heterocycles. The van der Waals surface area contributed by atoms with E-state index < -0.39 is 0 Å². The third-order valence-electron chi connectivity index (χ3n) is 6.78. The summed E-state index contributed by atoms with van der Waals surface area (Å²) >= 11 is 0. The van der Waals surface area contributed by atoms with Gasteiger partial charge < -0.3 is 14.2 Å². The van der Waals surface area contributed by atoms with Gasteiger partial charge in [-0.05, 0) is 68.6 Å². The molecule has 2 aromatic heterocycles. The minimum atomic E-state index is 0.0519. The molecule has 4 aromatic rings. The Morgan fingerprint density at radius 3 is 2.44 bits per heavy atom. The summed E-state index contributed by atoms with van der Waals surface area (Å²) in [5.41, 5.74) is 3.61. The van der Waals surface area contributed by atoms with Crippen LogP contribution in [-0.4, -0.2) is 51.5 Å². The van der Waals surface area contributed by atoms with Gasteiger partial charge >= 0.3 is 0 Å². The molecule has 0 bridgehead atoms. The summed E-state index contributed by atoms with van der Waals surface area (Å²) in [5, 5.41) is 2.12. The minimum absolute atomic E-state index is 0.0519. The number of fused-ring (bicyclic) bond motifs is 1. The highest BCUT2D eigenvalue weighted by Crippen LogP contribution is 2.25. The van der Waals surface area contributed by atoms with Crippen LogP contribution in [0.4, 0.5) is 0 Å². The van der Waals surface area contributed by atoms with Crippen molar-refractivity contribution in [2.24, 2.45) is 7.05 Å². The van der Waals surface area contributed by atoms with Crippen LogP contribution in [0.2, 0.25) is 0 Å². The van der Waals surface area contributed by atoms with E-state index in [4.69, 9.17) is 4.74 Å². The Morgan fingerprint density at radius 1 is 0.971 bits per heavy atom. The van der Waals surface area contributed by atoms with Crippen LogP contribution in [0.3, 0.4) is 0 Å². The average Bonchev–Trinajstić information content (AvgIpc) is 3.18. The number of imidazole rings is 1. The zero-order valence-corrected chi connectivity index (χ0v) is 20.0. The first-order chi connectivity index (χ1) is 16.5. The van der Waals surface area contributed by atoms with E-state index in [2.05, 4.69) is 44.7 Å². The van der Waals surface area contributed by atoms with Crippen LogP contribution in [0.15, 0.2) is 60.9 Å². The molecule has 0 aliphatic carbocycles. The van der Waals surface area contributed by atoms with Crippen molar-refractivity contribution in [2.45, 2.75) is 32.3 Å². The lowest BCUT2D eigenvalue weighted by Crippen LogP contribution is -2.35. The maximum atomic E-state index is 12.9. The predicted molar refractivity (Wildman–Crippen MR) is 134 cm³/mol. The molecule has 5 rings (SSSR count). The molecule has 174 valence electrons. The van der Waals surface area contributed by atoms with E-state index >= 15 is 0 Å². The number of carbonyl (C=O) groups is 1. The van der Waals surface area contributed by atoms with Gasteiger partial charge in [0.15, 0.2) is 5.78 Å². The number of rotatable bonds is 6. The number of carbonyl (C=O) groups excluding carboxylic acids is 1. The topological polar surface area (TPSA) is 60.2 Å². The Labute approximate surface area is 200 Å². The molecular formula is C28H30N4O2. The number of hydrogen-bond acceptors (Lipinski definition) is 5. The van der Waals surface area contributed by atoms with Crippen molar-refractivity contribution in [1.29, 1.82) is 0 Å². The number of aromatic nitrogens is 3. The number of ether oxygens (including phenoxy) is 1. The lowest BCUT2D eigenvalue weighted by Gasteiger charge is -2.29. The second kappa shape index (κ2) is 9.39. The standard InChI is InChI=1S/C28H30N4O2/c1-19-29-18-27(32(19)3)21-4-5-22-17-30-24(15-23(22)14-21)16-28(33)20-6-8-25(9-7-20)34-26-10-12-31(2)13-11-26/h4-9,14-15,17-18,26H,10-13,16H2,1-3H3. The summed E-state index contributed by atoms with van der Waals surface area (Å²) in [5.74, 6) is 1.85. The van der Waals surface area contributed by atoms with Crippen LogP contribution in [0, 0.1) is 6.92 Å². The molecular weight excluding hydrogens is 424 g/mol. The van der Waals surface area contributed by atoms with E-state index in [0.717, 1.165) is 65.2 Å². The van der Waals surface area contributed by atoms with E-state index in [9.17, 15) is 4.79 Å². The molecule has 1 aliphatic rings. The molecule has 1 aliphatic heterocycles. The third kappa shape index (κ3) is 4.73. The van der Waals surface area contributed by atoms with E-state index in [-0.39, 0.29) is 18.3 Å². The lowest BCUT2D eigenvalue weighted by atomic mass is 10.0. The number of benzene rings is 2. The highest BCUT2D eigenvalue weighted by Gasteiger charge is 2.18. The molecule has 0 N–H and O–H groups in total. The molecule has 2 aromatic carbocycles. The quantitative estimate of drug-likeness (QED) is 0.390. The van der Waals surface area contributed by atoms with E-state index in [1.165, 1.54) is 0 Å². The van der Waals surface area contributed by atoms with Gasteiger partial charge in [0.2, 0.25) is 0 Å². The average molecular weight is 455 g/mol. The first-order valence-corrected chi connectivity index (χ1v) is 11.8. The monoisotopic (exact) mass is 454 g/mol. The Balaban J connectivity index is 1.28. The second-order valence-electron chi connectivity index (χ2n) is 9.23. The van der Waals surface area contributed by atoms with Crippen molar-refractivity contribution in [1.82, 2.24) is 19.4 Å². The minimum Gasteiger partial charge on any atom is -0.490 e. The van der Waals surface area contributed by atoms with E-state index in [0.29, 0.717) is 5.56 Å². The van der Waals surface area contributed by atoms with Gasteiger partial charge in [-0.2, -0.15) is 0 Å². The Morgan fingerprint density at radius 2 is 1.74 bits per heavy atom. The van der Waals surface area contributed by atoms with Crippen molar-refractivity contribution >= 4 is 16.6 Å². The van der Waals surface area contributed by atoms with Gasteiger partial charge in [-0.1, -0.05) is 12.1 Å². The van der Waals surface area contributed by atoms with Crippen LogP contribution in [0.5, 0.6) is 5.75 Å². The van der Waals surface area contributed by atoms with Gasteiger partial charge in [0, 0.05) is 48.5 Å². The Hall–Kier alpha value is -3.51. The van der Waals surface area contributed by atoms with Gasteiger partial charge in [-0.25, -0.2) is 4.98 Å². The smallest absolute Gasteiger partial charge is 0.168 e. The molecule has 0 amide bonds. The van der Waals surface area contributed by atoms with Gasteiger partial charge in [-0.3, -0.25) is 9.78 Å². The highest BCUT2D eigenvalue weighted by atomic mass is 16.5. The molecule has 1 fully saturated rings. The first kappa shape index (κ1) is 22.3. The summed E-state index contributed by atoms with van der Waals surface area (Å²) < 4.78 is 8.18. The molecule has 6 nitrogen and oxygen atoms in total. The van der Waals surface area contributed by atoms with Crippen molar-refractivity contribution in [2.75, 3.05) is 20.1 Å². The number of aryl methyl sites for hydroxylation is 1. The van der Waals surface area contributed by atoms with Crippen molar-refractivity contribution in [3.05, 3.63) is 78.0 Å². The molecule has 0 spiro atoms. The zero-order chi connectivity index (χ0) is 23.7. The molecule has 3 heterocycles. The SMILES string of the molecule is Cc1ncc(-c2ccc3cnc(CC(=O)c4ccc(OC5CCN(C)CC5)cc4)cc3c2)n1C. The molecule has 0 unspecified atom stereocenters. The van der Waals surface area contributed by atoms with Gasteiger partial charge in [0.25, 0.3) is 0 Å². The van der Waals surface area contributed by atoms with Gasteiger partial charge in [0.1, 0.15) is 17.7 Å². The first-order valence-electron chi connectivity index (χ1n) is 11.8. The Kier molecular flexibility index (Phi) is 6.16. The van der Waals surface area contributed by atoms with Gasteiger partial charge in [0.05, 0.1) is 18.3 Å². The number of piperidine rings is 1. The summed E-state index contributed by atoms with van der Waals surface area (Å²) in [4.78, 5) is 24.2. The predicted octanol–water partition coefficient (Wildman–Crippen LogP) is 4.84. The largest absolute Gasteiger partial charge is 0.490 e. The third-order valence-corrected chi connectivity index (χ3v) is 6.78. The number of Topliss-reactive ketones (excluding diaryl/α,β-unsaturated/α-hetero) is 1. The number of likely N-dealkylation sites (tertiary alicyclic amines) is 1. The fourth-order valence-electron chi connectivity index (χ4n) is 4.49. The number of hydrogen-bond donors (Lipinski definition) is 0. The molecule has 0 atom stereocenters. The van der Waals surface area contributed by atoms with Crippen LogP contribution < -0.4 is 4.74 Å². The zero-order valence-electron chi connectivity index (χ0n) is 20.0. The summed E-state index contributed by atoms with van der Waals surface area (Å²) in [6.45, 7) is 4.11. The van der Waals surface area contributed by atoms with Gasteiger partial charge in [-0.15, -0.1) is 0 Å². The number of ketones is 1. The summed E-state index contributed by atoms with van der Waals surface area (Å²) in [7, 11) is 4.16. The number of nitrogens with zero attached hydrogens (tertiary/aromatic N) is 4. The summed E-state index contributed by atoms with van der Waals surface area (Å²) in [6.07, 6.45) is 6.32. The van der Waals surface area contributed by atoms with Crippen LogP contribution in [-0.2, 0) is 13.5 Å². The van der Waals surface area contributed by atoms with Crippen LogP contribution >= 0.6 is 0 Å². The van der Waals surface area contributed by atoms with E-state index in [1.807, 2.05) is 56.7 Å². The summed E-state index contributed by atoms with van der Waals surface area (Å²) in [6, 6.07) is 15.8. The second-order valence-corrected chi connectivity index (χ2v) is 9.23. The molecule has 34 heavy (non-hydrogen) atoms. The maximum absolute atomic E-state index is 12.9. The van der Waals surface area contributed by atoms with Crippen molar-refractivity contribution in [3.63, 3.8) is 0 Å². The lowest BCUT2D eigenvalue weighted by molar-refractivity contribution is 0.0991. The molecule has 0 radical (unpaired) electrons. The number of pyridine rings is 1. The Bertz CT molecular complexity index is 1320. The maximum Gasteiger partial charge on any atom is 0.168 e. The van der Waals surface area contributed by atoms with E-state index in [1.54, 1.807) is 0 Å².